The molecule has 2 N–H and O–H groups in total. The first kappa shape index (κ1) is 15.4. The Kier molecular flexibility index (Phi) is 6.29. The fourth-order valence-electron chi connectivity index (χ4n) is 1.57. The third-order valence-electron chi connectivity index (χ3n) is 2.57. The summed E-state index contributed by atoms with van der Waals surface area (Å²) in [5, 5.41) is 11.5. The predicted molar refractivity (Wildman–Crippen MR) is 76.8 cm³/mol. The second-order valence-corrected chi connectivity index (χ2v) is 5.04. The van der Waals surface area contributed by atoms with Crippen molar-refractivity contribution in [1.82, 2.24) is 5.32 Å². The Morgan fingerprint density at radius 2 is 2.00 bits per heavy atom. The predicted octanol–water partition coefficient (Wildman–Crippen LogP) is 2.53. The molecule has 1 aromatic rings. The molecule has 1 aromatic carbocycles. The monoisotopic (exact) mass is 325 g/mol. The summed E-state index contributed by atoms with van der Waals surface area (Å²) in [4.78, 5) is 22.7. The zero-order valence-corrected chi connectivity index (χ0v) is 12.0. The Labute approximate surface area is 120 Å². The number of benzene rings is 1. The van der Waals surface area contributed by atoms with Crippen molar-refractivity contribution in [3.63, 3.8) is 0 Å². The van der Waals surface area contributed by atoms with Crippen LogP contribution in [-0.2, 0) is 16.0 Å². The van der Waals surface area contributed by atoms with Crippen LogP contribution in [0.3, 0.4) is 0 Å². The zero-order valence-electron chi connectivity index (χ0n) is 10.4. The molecular formula is C14H16BrNO3. The second-order valence-electron chi connectivity index (χ2n) is 4.13. The second kappa shape index (κ2) is 7.74. The van der Waals surface area contributed by atoms with Crippen molar-refractivity contribution in [3.05, 3.63) is 47.0 Å². The maximum Gasteiger partial charge on any atom is 0.326 e. The molecule has 0 spiro atoms. The number of carbonyl (C=O) groups excluding carboxylic acids is 1. The Morgan fingerprint density at radius 1 is 1.37 bits per heavy atom. The molecule has 4 nitrogen and oxygen atoms in total. The number of amides is 1. The van der Waals surface area contributed by atoms with Gasteiger partial charge in [-0.05, 0) is 30.5 Å². The summed E-state index contributed by atoms with van der Waals surface area (Å²) in [7, 11) is 0. The third-order valence-corrected chi connectivity index (χ3v) is 3.10. The summed E-state index contributed by atoms with van der Waals surface area (Å²) in [6.45, 7) is 3.54. The molecule has 0 aliphatic heterocycles. The number of carboxylic acid groups (broad SMARTS) is 1. The number of carboxylic acids is 1. The highest BCUT2D eigenvalue weighted by atomic mass is 79.9. The fraction of sp³-hybridized carbons (Fsp3) is 0.286. The third kappa shape index (κ3) is 5.70. The summed E-state index contributed by atoms with van der Waals surface area (Å²) in [5.74, 6) is -1.32. The first-order chi connectivity index (χ1) is 9.02. The Hall–Kier alpha value is -1.62. The molecule has 19 heavy (non-hydrogen) atoms. The highest BCUT2D eigenvalue weighted by molar-refractivity contribution is 9.10. The van der Waals surface area contributed by atoms with E-state index < -0.39 is 12.0 Å². The van der Waals surface area contributed by atoms with E-state index in [9.17, 15) is 9.59 Å². The number of halogens is 1. The SMILES string of the molecule is C=CCCC(NC(=O)Cc1ccc(Br)cc1)C(=O)O. The summed E-state index contributed by atoms with van der Waals surface area (Å²) in [6.07, 6.45) is 2.71. The van der Waals surface area contributed by atoms with E-state index in [-0.39, 0.29) is 12.3 Å². The van der Waals surface area contributed by atoms with Crippen LogP contribution in [0, 0.1) is 0 Å². The molecule has 0 aromatic heterocycles. The maximum atomic E-state index is 11.8. The van der Waals surface area contributed by atoms with Crippen LogP contribution in [0.2, 0.25) is 0 Å². The average molecular weight is 326 g/mol. The van der Waals surface area contributed by atoms with Gasteiger partial charge in [0.2, 0.25) is 5.91 Å². The molecule has 0 aliphatic carbocycles. The first-order valence-corrected chi connectivity index (χ1v) is 6.69. The lowest BCUT2D eigenvalue weighted by molar-refractivity contribution is -0.141. The summed E-state index contributed by atoms with van der Waals surface area (Å²) < 4.78 is 0.936. The van der Waals surface area contributed by atoms with Gasteiger partial charge in [-0.1, -0.05) is 34.1 Å². The molecule has 1 amide bonds. The van der Waals surface area contributed by atoms with Gasteiger partial charge in [0.15, 0.2) is 0 Å². The maximum absolute atomic E-state index is 11.8. The number of carbonyl (C=O) groups is 2. The molecule has 0 saturated carbocycles. The van der Waals surface area contributed by atoms with Crippen molar-refractivity contribution in [2.75, 3.05) is 0 Å². The number of nitrogens with one attached hydrogen (secondary N) is 1. The van der Waals surface area contributed by atoms with Crippen molar-refractivity contribution in [2.45, 2.75) is 25.3 Å². The molecule has 0 radical (unpaired) electrons. The molecular weight excluding hydrogens is 310 g/mol. The number of aliphatic carboxylic acids is 1. The number of hydrogen-bond donors (Lipinski definition) is 2. The van der Waals surface area contributed by atoms with Gasteiger partial charge in [0.05, 0.1) is 6.42 Å². The minimum Gasteiger partial charge on any atom is -0.480 e. The molecule has 5 heteroatoms. The summed E-state index contributed by atoms with van der Waals surface area (Å²) in [5.41, 5.74) is 0.841. The highest BCUT2D eigenvalue weighted by Gasteiger charge is 2.18. The Balaban J connectivity index is 2.54. The van der Waals surface area contributed by atoms with Crippen molar-refractivity contribution in [1.29, 1.82) is 0 Å². The Bertz CT molecular complexity index is 456. The minimum atomic E-state index is -1.02. The van der Waals surface area contributed by atoms with Crippen LogP contribution in [0.5, 0.6) is 0 Å². The van der Waals surface area contributed by atoms with Gasteiger partial charge in [0, 0.05) is 4.47 Å². The van der Waals surface area contributed by atoms with E-state index in [0.717, 1.165) is 10.0 Å². The van der Waals surface area contributed by atoms with E-state index in [0.29, 0.717) is 12.8 Å². The van der Waals surface area contributed by atoms with E-state index in [2.05, 4.69) is 27.8 Å². The standard InChI is InChI=1S/C14H16BrNO3/c1-2-3-4-12(14(18)19)16-13(17)9-10-5-7-11(15)8-6-10/h2,5-8,12H,1,3-4,9H2,(H,16,17)(H,18,19). The van der Waals surface area contributed by atoms with Crippen LogP contribution in [0.15, 0.2) is 41.4 Å². The molecule has 0 heterocycles. The van der Waals surface area contributed by atoms with Crippen molar-refractivity contribution < 1.29 is 14.7 Å². The molecule has 0 bridgehead atoms. The Morgan fingerprint density at radius 3 is 2.53 bits per heavy atom. The normalized spacial score (nSPS) is 11.6. The number of hydrogen-bond acceptors (Lipinski definition) is 2. The molecule has 0 aliphatic rings. The van der Waals surface area contributed by atoms with Crippen LogP contribution >= 0.6 is 15.9 Å². The van der Waals surface area contributed by atoms with Gasteiger partial charge in [-0.15, -0.1) is 6.58 Å². The van der Waals surface area contributed by atoms with Crippen molar-refractivity contribution in [3.8, 4) is 0 Å². The number of allylic oxidation sites excluding steroid dienone is 1. The number of rotatable bonds is 7. The highest BCUT2D eigenvalue weighted by Crippen LogP contribution is 2.11. The lowest BCUT2D eigenvalue weighted by Crippen LogP contribution is -2.41. The molecule has 0 fully saturated rings. The molecule has 1 atom stereocenters. The minimum absolute atomic E-state index is 0.172. The van der Waals surface area contributed by atoms with E-state index in [1.165, 1.54) is 0 Å². The lowest BCUT2D eigenvalue weighted by atomic mass is 10.1. The van der Waals surface area contributed by atoms with E-state index in [4.69, 9.17) is 5.11 Å². The summed E-state index contributed by atoms with van der Waals surface area (Å²) >= 11 is 3.31. The van der Waals surface area contributed by atoms with Crippen molar-refractivity contribution >= 4 is 27.8 Å². The van der Waals surface area contributed by atoms with E-state index >= 15 is 0 Å². The zero-order chi connectivity index (χ0) is 14.3. The van der Waals surface area contributed by atoms with Gasteiger partial charge in [-0.25, -0.2) is 4.79 Å². The molecule has 102 valence electrons. The van der Waals surface area contributed by atoms with Crippen LogP contribution in [0.4, 0.5) is 0 Å². The first-order valence-electron chi connectivity index (χ1n) is 5.90. The van der Waals surface area contributed by atoms with Gasteiger partial charge in [-0.2, -0.15) is 0 Å². The van der Waals surface area contributed by atoms with Gasteiger partial charge < -0.3 is 10.4 Å². The molecule has 1 unspecified atom stereocenters. The fourth-order valence-corrected chi connectivity index (χ4v) is 1.84. The van der Waals surface area contributed by atoms with Crippen LogP contribution in [0.1, 0.15) is 18.4 Å². The molecule has 1 rings (SSSR count). The largest absolute Gasteiger partial charge is 0.480 e. The lowest BCUT2D eigenvalue weighted by Gasteiger charge is -2.13. The average Bonchev–Trinajstić information content (AvgIpc) is 2.37. The van der Waals surface area contributed by atoms with Gasteiger partial charge in [-0.3, -0.25) is 4.79 Å². The molecule has 0 saturated heterocycles. The quantitative estimate of drug-likeness (QED) is 0.757. The van der Waals surface area contributed by atoms with Gasteiger partial charge in [0.25, 0.3) is 0 Å². The topological polar surface area (TPSA) is 66.4 Å². The van der Waals surface area contributed by atoms with Crippen LogP contribution in [0.25, 0.3) is 0 Å². The van der Waals surface area contributed by atoms with Crippen LogP contribution in [-0.4, -0.2) is 23.0 Å². The smallest absolute Gasteiger partial charge is 0.326 e. The van der Waals surface area contributed by atoms with Crippen molar-refractivity contribution in [2.24, 2.45) is 0 Å². The summed E-state index contributed by atoms with van der Waals surface area (Å²) in [6, 6.07) is 6.47. The van der Waals surface area contributed by atoms with Gasteiger partial charge >= 0.3 is 5.97 Å². The van der Waals surface area contributed by atoms with E-state index in [1.54, 1.807) is 6.08 Å². The van der Waals surface area contributed by atoms with Crippen LogP contribution < -0.4 is 5.32 Å². The van der Waals surface area contributed by atoms with E-state index in [1.807, 2.05) is 24.3 Å². The van der Waals surface area contributed by atoms with Gasteiger partial charge in [0.1, 0.15) is 6.04 Å².